The number of benzene rings is 2. The smallest absolute Gasteiger partial charge is 0.316 e. The van der Waals surface area contributed by atoms with Crippen LogP contribution in [-0.4, -0.2) is 12.1 Å². The Labute approximate surface area is 141 Å². The molecule has 6 heteroatoms. The molecular formula is C18H22N4O2. The molecule has 1 atom stereocenters. The van der Waals surface area contributed by atoms with Crippen molar-refractivity contribution >= 4 is 17.7 Å². The standard InChI is InChI=1S/C18H22N4O2/c1-12-3-5-14(6-4-12)11-20-18(24)21-13(2)15-7-9-16(10-8-15)22-17(19)23/h3-10,13H,11H2,1-2H3,(H3,19,22,23)(H2,20,21,24)/t13-/m1/s1. The summed E-state index contributed by atoms with van der Waals surface area (Å²) in [4.78, 5) is 22.8. The fraction of sp³-hybridized carbons (Fsp3) is 0.222. The highest BCUT2D eigenvalue weighted by molar-refractivity contribution is 5.87. The summed E-state index contributed by atoms with van der Waals surface area (Å²) in [6.07, 6.45) is 0. The summed E-state index contributed by atoms with van der Waals surface area (Å²) in [7, 11) is 0. The van der Waals surface area contributed by atoms with E-state index in [0.29, 0.717) is 12.2 Å². The van der Waals surface area contributed by atoms with E-state index in [1.54, 1.807) is 12.1 Å². The Morgan fingerprint density at radius 3 is 2.25 bits per heavy atom. The molecule has 2 aromatic rings. The number of primary amides is 1. The van der Waals surface area contributed by atoms with Crippen LogP contribution >= 0.6 is 0 Å². The van der Waals surface area contributed by atoms with Crippen molar-refractivity contribution in [3.05, 3.63) is 65.2 Å². The van der Waals surface area contributed by atoms with Gasteiger partial charge in [0.1, 0.15) is 0 Å². The summed E-state index contributed by atoms with van der Waals surface area (Å²) in [5.74, 6) is 0. The van der Waals surface area contributed by atoms with E-state index in [1.165, 1.54) is 5.56 Å². The lowest BCUT2D eigenvalue weighted by molar-refractivity contribution is 0.237. The number of rotatable bonds is 5. The monoisotopic (exact) mass is 326 g/mol. The van der Waals surface area contributed by atoms with Gasteiger partial charge in [-0.15, -0.1) is 0 Å². The summed E-state index contributed by atoms with van der Waals surface area (Å²) >= 11 is 0. The number of nitrogens with two attached hydrogens (primary N) is 1. The Kier molecular flexibility index (Phi) is 5.78. The lowest BCUT2D eigenvalue weighted by atomic mass is 10.1. The van der Waals surface area contributed by atoms with Crippen LogP contribution in [0.4, 0.5) is 15.3 Å². The zero-order valence-corrected chi connectivity index (χ0v) is 13.8. The van der Waals surface area contributed by atoms with E-state index in [9.17, 15) is 9.59 Å². The summed E-state index contributed by atoms with van der Waals surface area (Å²) in [5, 5.41) is 8.20. The van der Waals surface area contributed by atoms with E-state index in [2.05, 4.69) is 16.0 Å². The minimum atomic E-state index is -0.607. The van der Waals surface area contributed by atoms with Gasteiger partial charge in [0.25, 0.3) is 0 Å². The van der Waals surface area contributed by atoms with E-state index in [0.717, 1.165) is 11.1 Å². The summed E-state index contributed by atoms with van der Waals surface area (Å²) < 4.78 is 0. The van der Waals surface area contributed by atoms with E-state index in [-0.39, 0.29) is 12.1 Å². The van der Waals surface area contributed by atoms with Crippen LogP contribution < -0.4 is 21.7 Å². The molecule has 6 nitrogen and oxygen atoms in total. The molecule has 126 valence electrons. The first-order chi connectivity index (χ1) is 11.4. The van der Waals surface area contributed by atoms with Gasteiger partial charge in [-0.1, -0.05) is 42.0 Å². The van der Waals surface area contributed by atoms with E-state index in [1.807, 2.05) is 50.2 Å². The minimum Gasteiger partial charge on any atom is -0.351 e. The predicted octanol–water partition coefficient (Wildman–Crippen LogP) is 3.05. The quantitative estimate of drug-likeness (QED) is 0.679. The number of aryl methyl sites for hydroxylation is 1. The van der Waals surface area contributed by atoms with Gasteiger partial charge in [-0.3, -0.25) is 0 Å². The second-order valence-corrected chi connectivity index (χ2v) is 5.65. The van der Waals surface area contributed by atoms with Crippen LogP contribution in [0.25, 0.3) is 0 Å². The first kappa shape index (κ1) is 17.3. The van der Waals surface area contributed by atoms with E-state index < -0.39 is 6.03 Å². The molecular weight excluding hydrogens is 304 g/mol. The maximum absolute atomic E-state index is 12.0. The number of carbonyl (C=O) groups excluding carboxylic acids is 2. The molecule has 0 spiro atoms. The van der Waals surface area contributed by atoms with Crippen LogP contribution in [0, 0.1) is 6.92 Å². The van der Waals surface area contributed by atoms with Crippen molar-refractivity contribution in [3.63, 3.8) is 0 Å². The number of nitrogens with one attached hydrogen (secondary N) is 3. The molecule has 0 aliphatic heterocycles. The second kappa shape index (κ2) is 8.01. The van der Waals surface area contributed by atoms with Gasteiger partial charge in [0.05, 0.1) is 6.04 Å². The van der Waals surface area contributed by atoms with E-state index in [4.69, 9.17) is 5.73 Å². The number of hydrogen-bond acceptors (Lipinski definition) is 2. The number of carbonyl (C=O) groups is 2. The van der Waals surface area contributed by atoms with Crippen LogP contribution in [0.1, 0.15) is 29.7 Å². The Balaban J connectivity index is 1.84. The lowest BCUT2D eigenvalue weighted by Crippen LogP contribution is -2.36. The van der Waals surface area contributed by atoms with Crippen LogP contribution in [0.15, 0.2) is 48.5 Å². The van der Waals surface area contributed by atoms with Gasteiger partial charge in [0.15, 0.2) is 0 Å². The van der Waals surface area contributed by atoms with Gasteiger partial charge in [-0.05, 0) is 37.1 Å². The first-order valence-electron chi connectivity index (χ1n) is 7.70. The SMILES string of the molecule is Cc1ccc(CNC(=O)N[C@H](C)c2ccc(NC(N)=O)cc2)cc1. The largest absolute Gasteiger partial charge is 0.351 e. The van der Waals surface area contributed by atoms with Gasteiger partial charge in [0.2, 0.25) is 0 Å². The van der Waals surface area contributed by atoms with Crippen LogP contribution in [-0.2, 0) is 6.54 Å². The van der Waals surface area contributed by atoms with Crippen molar-refractivity contribution in [2.45, 2.75) is 26.4 Å². The zero-order valence-electron chi connectivity index (χ0n) is 13.8. The van der Waals surface area contributed by atoms with Crippen molar-refractivity contribution in [2.75, 3.05) is 5.32 Å². The van der Waals surface area contributed by atoms with E-state index >= 15 is 0 Å². The Bertz CT molecular complexity index is 696. The average Bonchev–Trinajstić information content (AvgIpc) is 2.54. The first-order valence-corrected chi connectivity index (χ1v) is 7.70. The van der Waals surface area contributed by atoms with Gasteiger partial charge in [-0.25, -0.2) is 9.59 Å². The molecule has 2 rings (SSSR count). The van der Waals surface area contributed by atoms with Crippen molar-refractivity contribution in [2.24, 2.45) is 5.73 Å². The summed E-state index contributed by atoms with van der Waals surface area (Å²) in [5.41, 5.74) is 8.83. The third-order valence-corrected chi connectivity index (χ3v) is 3.60. The third kappa shape index (κ3) is 5.31. The van der Waals surface area contributed by atoms with Crippen molar-refractivity contribution < 1.29 is 9.59 Å². The molecule has 0 aliphatic carbocycles. The number of hydrogen-bond donors (Lipinski definition) is 4. The molecule has 0 unspecified atom stereocenters. The Morgan fingerprint density at radius 1 is 1.04 bits per heavy atom. The average molecular weight is 326 g/mol. The van der Waals surface area contributed by atoms with Gasteiger partial charge >= 0.3 is 12.1 Å². The number of anilines is 1. The lowest BCUT2D eigenvalue weighted by Gasteiger charge is -2.15. The summed E-state index contributed by atoms with van der Waals surface area (Å²) in [6, 6.07) is 14.1. The minimum absolute atomic E-state index is 0.161. The number of amides is 4. The van der Waals surface area contributed by atoms with Gasteiger partial charge in [0, 0.05) is 12.2 Å². The van der Waals surface area contributed by atoms with Crippen molar-refractivity contribution in [3.8, 4) is 0 Å². The maximum atomic E-state index is 12.0. The van der Waals surface area contributed by atoms with Crippen molar-refractivity contribution in [1.82, 2.24) is 10.6 Å². The fourth-order valence-electron chi connectivity index (χ4n) is 2.22. The highest BCUT2D eigenvalue weighted by Crippen LogP contribution is 2.15. The molecule has 0 aromatic heterocycles. The second-order valence-electron chi connectivity index (χ2n) is 5.65. The molecule has 2 aromatic carbocycles. The molecule has 4 amide bonds. The van der Waals surface area contributed by atoms with Crippen LogP contribution in [0.2, 0.25) is 0 Å². The topological polar surface area (TPSA) is 96.2 Å². The predicted molar refractivity (Wildman–Crippen MR) is 94.6 cm³/mol. The Hall–Kier alpha value is -3.02. The summed E-state index contributed by atoms with van der Waals surface area (Å²) in [6.45, 7) is 4.39. The molecule has 0 bridgehead atoms. The zero-order chi connectivity index (χ0) is 17.5. The van der Waals surface area contributed by atoms with Crippen LogP contribution in [0.5, 0.6) is 0 Å². The molecule has 0 saturated heterocycles. The molecule has 24 heavy (non-hydrogen) atoms. The molecule has 0 fully saturated rings. The highest BCUT2D eigenvalue weighted by atomic mass is 16.2. The number of urea groups is 2. The molecule has 0 saturated carbocycles. The maximum Gasteiger partial charge on any atom is 0.316 e. The normalized spacial score (nSPS) is 11.4. The molecule has 5 N–H and O–H groups in total. The molecule has 0 heterocycles. The Morgan fingerprint density at radius 2 is 1.67 bits per heavy atom. The van der Waals surface area contributed by atoms with Gasteiger partial charge in [-0.2, -0.15) is 0 Å². The fourth-order valence-corrected chi connectivity index (χ4v) is 2.22. The van der Waals surface area contributed by atoms with Crippen LogP contribution in [0.3, 0.4) is 0 Å². The highest BCUT2D eigenvalue weighted by Gasteiger charge is 2.09. The molecule has 0 radical (unpaired) electrons. The molecule has 0 aliphatic rings. The van der Waals surface area contributed by atoms with Crippen molar-refractivity contribution in [1.29, 1.82) is 0 Å². The van der Waals surface area contributed by atoms with Gasteiger partial charge < -0.3 is 21.7 Å². The third-order valence-electron chi connectivity index (χ3n) is 3.60.